The highest BCUT2D eigenvalue weighted by Gasteiger charge is 2.33. The average molecular weight is 580 g/mol. The molecule has 0 spiro atoms. The van der Waals surface area contributed by atoms with Crippen molar-refractivity contribution < 1.29 is 22.7 Å². The van der Waals surface area contributed by atoms with Crippen LogP contribution in [0.5, 0.6) is 5.75 Å². The molecule has 0 aliphatic heterocycles. The van der Waals surface area contributed by atoms with Crippen LogP contribution in [0.2, 0.25) is 0 Å². The smallest absolute Gasteiger partial charge is 0.264 e. The van der Waals surface area contributed by atoms with Crippen LogP contribution in [0.1, 0.15) is 50.3 Å². The molecular formula is C32H41N3O5S. The third kappa shape index (κ3) is 8.33. The van der Waals surface area contributed by atoms with Crippen molar-refractivity contribution in [1.82, 2.24) is 10.2 Å². The minimum absolute atomic E-state index is 0.0535. The minimum atomic E-state index is -4.18. The lowest BCUT2D eigenvalue weighted by Gasteiger charge is -2.32. The topological polar surface area (TPSA) is 96.0 Å². The summed E-state index contributed by atoms with van der Waals surface area (Å²) >= 11 is 0. The highest BCUT2D eigenvalue weighted by atomic mass is 32.2. The van der Waals surface area contributed by atoms with Gasteiger partial charge < -0.3 is 15.0 Å². The normalized spacial score (nSPS) is 11.9. The first-order valence-corrected chi connectivity index (χ1v) is 15.5. The quantitative estimate of drug-likeness (QED) is 0.264. The van der Waals surface area contributed by atoms with Crippen molar-refractivity contribution in [2.75, 3.05) is 24.0 Å². The number of anilines is 1. The predicted octanol–water partition coefficient (Wildman–Crippen LogP) is 5.23. The molecule has 0 radical (unpaired) electrons. The molecule has 41 heavy (non-hydrogen) atoms. The van der Waals surface area contributed by atoms with E-state index < -0.39 is 28.5 Å². The van der Waals surface area contributed by atoms with Crippen LogP contribution in [0.4, 0.5) is 5.69 Å². The van der Waals surface area contributed by atoms with Gasteiger partial charge in [0.1, 0.15) is 18.3 Å². The van der Waals surface area contributed by atoms with Gasteiger partial charge >= 0.3 is 0 Å². The number of rotatable bonds is 14. The summed E-state index contributed by atoms with van der Waals surface area (Å²) in [6.45, 7) is 9.79. The van der Waals surface area contributed by atoms with Crippen LogP contribution in [0, 0.1) is 13.8 Å². The number of para-hydroxylation sites is 2. The van der Waals surface area contributed by atoms with E-state index in [0.717, 1.165) is 33.8 Å². The van der Waals surface area contributed by atoms with E-state index in [0.29, 0.717) is 18.9 Å². The fourth-order valence-corrected chi connectivity index (χ4v) is 5.84. The molecule has 0 fully saturated rings. The number of hydrogen-bond acceptors (Lipinski definition) is 5. The molecule has 0 saturated heterocycles. The van der Waals surface area contributed by atoms with Crippen molar-refractivity contribution in [3.8, 4) is 5.75 Å². The van der Waals surface area contributed by atoms with Crippen LogP contribution in [0.25, 0.3) is 0 Å². The molecule has 0 aliphatic carbocycles. The average Bonchev–Trinajstić information content (AvgIpc) is 2.95. The van der Waals surface area contributed by atoms with E-state index in [1.807, 2.05) is 52.0 Å². The maximum absolute atomic E-state index is 14.1. The zero-order valence-electron chi connectivity index (χ0n) is 24.6. The first kappa shape index (κ1) is 31.7. The van der Waals surface area contributed by atoms with Gasteiger partial charge in [0.25, 0.3) is 10.0 Å². The first-order valence-electron chi connectivity index (χ1n) is 14.0. The maximum Gasteiger partial charge on any atom is 0.264 e. The molecule has 1 N–H and O–H groups in total. The van der Waals surface area contributed by atoms with Gasteiger partial charge in [0.05, 0.1) is 17.2 Å². The highest BCUT2D eigenvalue weighted by Crippen LogP contribution is 2.33. The molecule has 3 aromatic rings. The second-order valence-electron chi connectivity index (χ2n) is 10.1. The number of ether oxygens (including phenoxy) is 1. The molecule has 0 heterocycles. The summed E-state index contributed by atoms with van der Waals surface area (Å²) in [5.74, 6) is -0.456. The summed E-state index contributed by atoms with van der Waals surface area (Å²) in [5.41, 5.74) is 3.02. The zero-order chi connectivity index (χ0) is 30.0. The molecule has 0 unspecified atom stereocenters. The van der Waals surface area contributed by atoms with E-state index in [4.69, 9.17) is 4.74 Å². The molecular weight excluding hydrogens is 538 g/mol. The van der Waals surface area contributed by atoms with E-state index in [2.05, 4.69) is 5.32 Å². The Balaban J connectivity index is 2.05. The Bertz CT molecular complexity index is 1420. The zero-order valence-corrected chi connectivity index (χ0v) is 25.4. The number of amides is 2. The Morgan fingerprint density at radius 3 is 2.29 bits per heavy atom. The first-order chi connectivity index (χ1) is 19.6. The van der Waals surface area contributed by atoms with Gasteiger partial charge in [-0.05, 0) is 63.9 Å². The Labute approximate surface area is 244 Å². The Hall–Kier alpha value is -3.85. The number of unbranched alkanes of at least 4 members (excludes halogenated alkanes) is 1. The van der Waals surface area contributed by atoms with Gasteiger partial charge in [0.15, 0.2) is 0 Å². The molecule has 0 aromatic heterocycles. The fraction of sp³-hybridized carbons (Fsp3) is 0.375. The summed E-state index contributed by atoms with van der Waals surface area (Å²) in [7, 11) is -4.18. The van der Waals surface area contributed by atoms with Gasteiger partial charge in [-0.3, -0.25) is 13.9 Å². The van der Waals surface area contributed by atoms with Gasteiger partial charge in [-0.25, -0.2) is 8.42 Å². The van der Waals surface area contributed by atoms with Crippen molar-refractivity contribution in [1.29, 1.82) is 0 Å². The van der Waals surface area contributed by atoms with E-state index in [-0.39, 0.29) is 23.0 Å². The molecule has 3 rings (SSSR count). The van der Waals surface area contributed by atoms with Crippen molar-refractivity contribution >= 4 is 27.5 Å². The van der Waals surface area contributed by atoms with Gasteiger partial charge in [0, 0.05) is 13.1 Å². The molecule has 2 amide bonds. The molecule has 0 aliphatic rings. The molecule has 8 nitrogen and oxygen atoms in total. The highest BCUT2D eigenvalue weighted by molar-refractivity contribution is 7.92. The number of nitrogens with zero attached hydrogens (tertiary/aromatic N) is 2. The number of carbonyl (C=O) groups is 2. The maximum atomic E-state index is 14.1. The molecule has 0 bridgehead atoms. The van der Waals surface area contributed by atoms with Gasteiger partial charge in [0.2, 0.25) is 11.8 Å². The van der Waals surface area contributed by atoms with Crippen LogP contribution in [-0.4, -0.2) is 50.9 Å². The Morgan fingerprint density at radius 2 is 1.63 bits per heavy atom. The molecule has 1 atom stereocenters. The molecule has 220 valence electrons. The number of hydrogen-bond donors (Lipinski definition) is 1. The van der Waals surface area contributed by atoms with Crippen LogP contribution in [0.3, 0.4) is 0 Å². The number of carbonyl (C=O) groups excluding carboxylic acids is 2. The van der Waals surface area contributed by atoms with E-state index in [1.165, 1.54) is 17.0 Å². The van der Waals surface area contributed by atoms with Gasteiger partial charge in [-0.15, -0.1) is 0 Å². The van der Waals surface area contributed by atoms with Gasteiger partial charge in [-0.2, -0.15) is 0 Å². The number of benzene rings is 3. The fourth-order valence-electron chi connectivity index (χ4n) is 4.42. The summed E-state index contributed by atoms with van der Waals surface area (Å²) in [5, 5.41) is 2.90. The third-order valence-corrected chi connectivity index (χ3v) is 8.53. The van der Waals surface area contributed by atoms with Crippen LogP contribution < -0.4 is 14.4 Å². The second kappa shape index (κ2) is 14.7. The van der Waals surface area contributed by atoms with Gasteiger partial charge in [-0.1, -0.05) is 73.0 Å². The Kier molecular flexibility index (Phi) is 11.3. The summed E-state index contributed by atoms with van der Waals surface area (Å²) in [4.78, 5) is 28.7. The van der Waals surface area contributed by atoms with Crippen LogP contribution in [-0.2, 0) is 26.2 Å². The van der Waals surface area contributed by atoms with Crippen molar-refractivity contribution in [3.63, 3.8) is 0 Å². The Morgan fingerprint density at radius 1 is 0.927 bits per heavy atom. The van der Waals surface area contributed by atoms with Crippen molar-refractivity contribution in [2.24, 2.45) is 0 Å². The van der Waals surface area contributed by atoms with E-state index in [1.54, 1.807) is 43.3 Å². The largest absolute Gasteiger partial charge is 0.492 e. The SMILES string of the molecule is CCCCNC(=O)[C@H](C)N(Cc1cccc(C)c1)C(=O)CN(c1ccccc1OCC)S(=O)(=O)c1ccc(C)cc1. The third-order valence-electron chi connectivity index (χ3n) is 6.75. The summed E-state index contributed by atoms with van der Waals surface area (Å²) in [6, 6.07) is 20.1. The van der Waals surface area contributed by atoms with E-state index >= 15 is 0 Å². The number of aryl methyl sites for hydroxylation is 2. The lowest BCUT2D eigenvalue weighted by atomic mass is 10.1. The molecule has 0 saturated carbocycles. The predicted molar refractivity (Wildman–Crippen MR) is 162 cm³/mol. The number of sulfonamides is 1. The summed E-state index contributed by atoms with van der Waals surface area (Å²) in [6.07, 6.45) is 1.74. The summed E-state index contributed by atoms with van der Waals surface area (Å²) < 4.78 is 35.0. The molecule has 3 aromatic carbocycles. The van der Waals surface area contributed by atoms with Crippen LogP contribution >= 0.6 is 0 Å². The minimum Gasteiger partial charge on any atom is -0.492 e. The van der Waals surface area contributed by atoms with Crippen molar-refractivity contribution in [3.05, 3.63) is 89.5 Å². The van der Waals surface area contributed by atoms with E-state index in [9.17, 15) is 18.0 Å². The van der Waals surface area contributed by atoms with Crippen LogP contribution in [0.15, 0.2) is 77.7 Å². The lowest BCUT2D eigenvalue weighted by Crippen LogP contribution is -2.51. The monoisotopic (exact) mass is 579 g/mol. The standard InChI is InChI=1S/C32H41N3O5S/c1-6-8-20-33-32(37)26(5)34(22-27-13-11-12-25(4)21-27)31(36)23-35(29-14-9-10-15-30(29)40-7-2)41(38,39)28-18-16-24(3)17-19-28/h9-19,21,26H,6-8,20,22-23H2,1-5H3,(H,33,37)/t26-/m0/s1. The second-order valence-corrected chi connectivity index (χ2v) is 11.9. The van der Waals surface area contributed by atoms with Crippen molar-refractivity contribution in [2.45, 2.75) is 64.9 Å². The number of nitrogens with one attached hydrogen (secondary N) is 1. The lowest BCUT2D eigenvalue weighted by molar-refractivity contribution is -0.139. The molecule has 9 heteroatoms.